The molecule has 0 aromatic heterocycles. The van der Waals surface area contributed by atoms with Gasteiger partial charge < -0.3 is 10.1 Å². The molecule has 4 nitrogen and oxygen atoms in total. The van der Waals surface area contributed by atoms with Gasteiger partial charge in [0.15, 0.2) is 0 Å². The van der Waals surface area contributed by atoms with E-state index in [0.717, 1.165) is 0 Å². The van der Waals surface area contributed by atoms with Gasteiger partial charge in [0.25, 0.3) is 0 Å². The van der Waals surface area contributed by atoms with Crippen molar-refractivity contribution in [2.24, 2.45) is 5.92 Å². The summed E-state index contributed by atoms with van der Waals surface area (Å²) in [6.45, 7) is 3.64. The summed E-state index contributed by atoms with van der Waals surface area (Å²) in [5.41, 5.74) is 0.686. The maximum atomic E-state index is 12.7. The summed E-state index contributed by atoms with van der Waals surface area (Å²) in [7, 11) is 1.28. The number of halogens is 1. The molecule has 104 valence electrons. The topological polar surface area (TPSA) is 55.4 Å². The van der Waals surface area contributed by atoms with Crippen molar-refractivity contribution < 1.29 is 18.7 Å². The SMILES string of the molecule is COC(=O)[C@H](NC(=O)Cc1ccc(F)cc1)C(C)C. The molecule has 5 heteroatoms. The zero-order valence-corrected chi connectivity index (χ0v) is 11.3. The Bertz CT molecular complexity index is 443. The van der Waals surface area contributed by atoms with Gasteiger partial charge in [0.1, 0.15) is 11.9 Å². The highest BCUT2D eigenvalue weighted by atomic mass is 19.1. The molecule has 1 amide bonds. The van der Waals surface area contributed by atoms with Gasteiger partial charge in [-0.1, -0.05) is 26.0 Å². The van der Waals surface area contributed by atoms with E-state index in [0.29, 0.717) is 5.56 Å². The summed E-state index contributed by atoms with van der Waals surface area (Å²) in [5, 5.41) is 2.62. The Hall–Kier alpha value is -1.91. The molecule has 1 atom stereocenters. The van der Waals surface area contributed by atoms with Crippen LogP contribution < -0.4 is 5.32 Å². The molecule has 1 aromatic carbocycles. The Kier molecular flexibility index (Phi) is 5.48. The molecule has 1 aromatic rings. The first-order chi connectivity index (χ1) is 8.93. The molecular formula is C14H18FNO3. The number of carbonyl (C=O) groups is 2. The van der Waals surface area contributed by atoms with Crippen LogP contribution in [0.5, 0.6) is 0 Å². The van der Waals surface area contributed by atoms with Crippen LogP contribution in [0.15, 0.2) is 24.3 Å². The smallest absolute Gasteiger partial charge is 0.328 e. The molecule has 0 aliphatic rings. The molecule has 0 unspecified atom stereocenters. The fourth-order valence-electron chi connectivity index (χ4n) is 1.64. The van der Waals surface area contributed by atoms with Crippen LogP contribution in [0.4, 0.5) is 4.39 Å². The summed E-state index contributed by atoms with van der Waals surface area (Å²) < 4.78 is 17.4. The number of hydrogen-bond acceptors (Lipinski definition) is 3. The monoisotopic (exact) mass is 267 g/mol. The summed E-state index contributed by atoms with van der Waals surface area (Å²) in [6, 6.07) is 5.00. The number of methoxy groups -OCH3 is 1. The molecule has 0 aliphatic carbocycles. The third kappa shape index (κ3) is 4.69. The standard InChI is InChI=1S/C14H18FNO3/c1-9(2)13(14(18)19-3)16-12(17)8-10-4-6-11(15)7-5-10/h4-7,9,13H,8H2,1-3H3,(H,16,17)/t13-/m1/s1. The molecule has 0 heterocycles. The molecule has 0 spiro atoms. The Balaban J connectivity index is 2.62. The van der Waals surface area contributed by atoms with Crippen LogP contribution in [0.3, 0.4) is 0 Å². The van der Waals surface area contributed by atoms with E-state index in [1.807, 2.05) is 13.8 Å². The maximum Gasteiger partial charge on any atom is 0.328 e. The van der Waals surface area contributed by atoms with E-state index < -0.39 is 12.0 Å². The minimum absolute atomic E-state index is 0.0652. The van der Waals surface area contributed by atoms with E-state index in [9.17, 15) is 14.0 Å². The molecule has 0 bridgehead atoms. The van der Waals surface area contributed by atoms with Crippen LogP contribution in [0, 0.1) is 11.7 Å². The predicted molar refractivity (Wildman–Crippen MR) is 68.9 cm³/mol. The van der Waals surface area contributed by atoms with E-state index in [1.54, 1.807) is 0 Å². The van der Waals surface area contributed by atoms with Crippen LogP contribution >= 0.6 is 0 Å². The van der Waals surface area contributed by atoms with E-state index in [1.165, 1.54) is 31.4 Å². The Morgan fingerprint density at radius 2 is 1.84 bits per heavy atom. The van der Waals surface area contributed by atoms with Crippen molar-refractivity contribution in [3.05, 3.63) is 35.6 Å². The van der Waals surface area contributed by atoms with Crippen molar-refractivity contribution in [1.82, 2.24) is 5.32 Å². The van der Waals surface area contributed by atoms with Crippen molar-refractivity contribution in [2.45, 2.75) is 26.3 Å². The maximum absolute atomic E-state index is 12.7. The molecule has 0 fully saturated rings. The first kappa shape index (κ1) is 15.1. The molecular weight excluding hydrogens is 249 g/mol. The van der Waals surface area contributed by atoms with Gasteiger partial charge in [-0.15, -0.1) is 0 Å². The van der Waals surface area contributed by atoms with Crippen LogP contribution in [0.1, 0.15) is 19.4 Å². The third-order valence-corrected chi connectivity index (χ3v) is 2.72. The van der Waals surface area contributed by atoms with Crippen LogP contribution in [-0.4, -0.2) is 25.0 Å². The van der Waals surface area contributed by atoms with E-state index in [4.69, 9.17) is 0 Å². The lowest BCUT2D eigenvalue weighted by Crippen LogP contribution is -2.45. The number of esters is 1. The summed E-state index contributed by atoms with van der Waals surface area (Å²) in [6.07, 6.45) is 0.0977. The predicted octanol–water partition coefficient (Wildman–Crippen LogP) is 1.68. The quantitative estimate of drug-likeness (QED) is 0.826. The molecule has 0 aliphatic heterocycles. The van der Waals surface area contributed by atoms with Crippen molar-refractivity contribution in [2.75, 3.05) is 7.11 Å². The van der Waals surface area contributed by atoms with E-state index in [-0.39, 0.29) is 24.1 Å². The van der Waals surface area contributed by atoms with Gasteiger partial charge >= 0.3 is 5.97 Å². The lowest BCUT2D eigenvalue weighted by molar-refractivity contribution is -0.146. The summed E-state index contributed by atoms with van der Waals surface area (Å²) >= 11 is 0. The number of amides is 1. The second kappa shape index (κ2) is 6.87. The van der Waals surface area contributed by atoms with Gasteiger partial charge in [-0.3, -0.25) is 4.79 Å². The largest absolute Gasteiger partial charge is 0.467 e. The van der Waals surface area contributed by atoms with Gasteiger partial charge in [-0.25, -0.2) is 9.18 Å². The minimum Gasteiger partial charge on any atom is -0.467 e. The number of ether oxygens (including phenoxy) is 1. The Morgan fingerprint density at radius 1 is 1.26 bits per heavy atom. The number of hydrogen-bond donors (Lipinski definition) is 1. The third-order valence-electron chi connectivity index (χ3n) is 2.72. The lowest BCUT2D eigenvalue weighted by atomic mass is 10.0. The van der Waals surface area contributed by atoms with Crippen molar-refractivity contribution in [3.8, 4) is 0 Å². The van der Waals surface area contributed by atoms with Crippen LogP contribution in [0.25, 0.3) is 0 Å². The molecule has 19 heavy (non-hydrogen) atoms. The van der Waals surface area contributed by atoms with Gasteiger partial charge in [0, 0.05) is 0 Å². The van der Waals surface area contributed by atoms with Gasteiger partial charge in [-0.2, -0.15) is 0 Å². The highest BCUT2D eigenvalue weighted by Gasteiger charge is 2.24. The fraction of sp³-hybridized carbons (Fsp3) is 0.429. The van der Waals surface area contributed by atoms with Crippen LogP contribution in [-0.2, 0) is 20.7 Å². The molecule has 0 radical (unpaired) electrons. The zero-order valence-electron chi connectivity index (χ0n) is 11.3. The highest BCUT2D eigenvalue weighted by Crippen LogP contribution is 2.06. The normalized spacial score (nSPS) is 12.1. The Morgan fingerprint density at radius 3 is 2.32 bits per heavy atom. The first-order valence-electron chi connectivity index (χ1n) is 6.05. The second-order valence-electron chi connectivity index (χ2n) is 4.62. The second-order valence-corrected chi connectivity index (χ2v) is 4.62. The molecule has 0 saturated carbocycles. The number of benzene rings is 1. The van der Waals surface area contributed by atoms with Crippen molar-refractivity contribution in [3.63, 3.8) is 0 Å². The molecule has 1 rings (SSSR count). The van der Waals surface area contributed by atoms with Gasteiger partial charge in [0.05, 0.1) is 13.5 Å². The van der Waals surface area contributed by atoms with E-state index in [2.05, 4.69) is 10.1 Å². The zero-order chi connectivity index (χ0) is 14.4. The van der Waals surface area contributed by atoms with Gasteiger partial charge in [-0.05, 0) is 23.6 Å². The van der Waals surface area contributed by atoms with E-state index >= 15 is 0 Å². The van der Waals surface area contributed by atoms with Crippen molar-refractivity contribution >= 4 is 11.9 Å². The molecule has 1 N–H and O–H groups in total. The van der Waals surface area contributed by atoms with Crippen molar-refractivity contribution in [1.29, 1.82) is 0 Å². The number of carbonyl (C=O) groups excluding carboxylic acids is 2. The summed E-state index contributed by atoms with van der Waals surface area (Å²) in [5.74, 6) is -1.18. The fourth-order valence-corrected chi connectivity index (χ4v) is 1.64. The average molecular weight is 267 g/mol. The number of nitrogens with one attached hydrogen (secondary N) is 1. The minimum atomic E-state index is -0.669. The van der Waals surface area contributed by atoms with Gasteiger partial charge in [0.2, 0.25) is 5.91 Å². The average Bonchev–Trinajstić information content (AvgIpc) is 2.37. The lowest BCUT2D eigenvalue weighted by Gasteiger charge is -2.19. The first-order valence-corrected chi connectivity index (χ1v) is 6.05. The molecule has 0 saturated heterocycles. The highest BCUT2D eigenvalue weighted by molar-refractivity contribution is 5.85. The van der Waals surface area contributed by atoms with Crippen LogP contribution in [0.2, 0.25) is 0 Å². The number of rotatable bonds is 5. The Labute approximate surface area is 112 Å². The summed E-state index contributed by atoms with van der Waals surface area (Å²) in [4.78, 5) is 23.3.